The third-order valence-corrected chi connectivity index (χ3v) is 9.41. The van der Waals surface area contributed by atoms with Gasteiger partial charge in [-0.3, -0.25) is 4.79 Å². The minimum Gasteiger partial charge on any atom is -0.294 e. The lowest BCUT2D eigenvalue weighted by atomic mass is 9.45. The number of hydrogen-bond acceptors (Lipinski definition) is 1. The number of ketones is 1. The molecule has 0 spiro atoms. The highest BCUT2D eigenvalue weighted by atomic mass is 19.1. The molecule has 0 aromatic heterocycles. The average molecular weight is 381 g/mol. The largest absolute Gasteiger partial charge is 0.294 e. The molecule has 1 aromatic rings. The van der Waals surface area contributed by atoms with Crippen LogP contribution in [-0.2, 0) is 4.79 Å². The fourth-order valence-electron chi connectivity index (χ4n) is 7.89. The second kappa shape index (κ2) is 6.54. The predicted molar refractivity (Wildman–Crippen MR) is 111 cm³/mol. The lowest BCUT2D eigenvalue weighted by Gasteiger charge is -2.59. The van der Waals surface area contributed by atoms with Crippen molar-refractivity contribution in [3.63, 3.8) is 0 Å². The van der Waals surface area contributed by atoms with Crippen LogP contribution in [0.15, 0.2) is 29.8 Å². The molecule has 6 unspecified atom stereocenters. The summed E-state index contributed by atoms with van der Waals surface area (Å²) in [5.41, 5.74) is 2.07. The van der Waals surface area contributed by atoms with Gasteiger partial charge in [-0.05, 0) is 103 Å². The van der Waals surface area contributed by atoms with Gasteiger partial charge in [0.1, 0.15) is 5.82 Å². The summed E-state index contributed by atoms with van der Waals surface area (Å²) < 4.78 is 13.6. The van der Waals surface area contributed by atoms with Crippen molar-refractivity contribution in [1.82, 2.24) is 0 Å². The molecule has 0 heterocycles. The molecule has 1 aromatic carbocycles. The van der Waals surface area contributed by atoms with E-state index >= 15 is 0 Å². The predicted octanol–water partition coefficient (Wildman–Crippen LogP) is 6.82. The Morgan fingerprint density at radius 3 is 2.71 bits per heavy atom. The van der Waals surface area contributed by atoms with Gasteiger partial charge in [-0.1, -0.05) is 38.8 Å². The van der Waals surface area contributed by atoms with Gasteiger partial charge in [0.25, 0.3) is 0 Å². The number of rotatable bonds is 1. The van der Waals surface area contributed by atoms with Crippen molar-refractivity contribution in [1.29, 1.82) is 0 Å². The fraction of sp³-hybridized carbons (Fsp3) is 0.654. The zero-order valence-electron chi connectivity index (χ0n) is 17.3. The highest BCUT2D eigenvalue weighted by Gasteiger charge is 2.60. The Bertz CT molecular complexity index is 825. The molecule has 4 aliphatic rings. The number of Topliss-reactive ketones (excluding diaryl/α,β-unsaturated/α-hetero) is 1. The third-order valence-electron chi connectivity index (χ3n) is 9.41. The summed E-state index contributed by atoms with van der Waals surface area (Å²) in [7, 11) is 0. The Morgan fingerprint density at radius 2 is 1.89 bits per heavy atom. The lowest BCUT2D eigenvalue weighted by molar-refractivity contribution is -0.137. The maximum Gasteiger partial charge on any atom is 0.165 e. The van der Waals surface area contributed by atoms with E-state index in [0.717, 1.165) is 35.8 Å². The molecule has 4 saturated carbocycles. The summed E-state index contributed by atoms with van der Waals surface area (Å²) in [5.74, 6) is 3.00. The van der Waals surface area contributed by atoms with E-state index < -0.39 is 0 Å². The monoisotopic (exact) mass is 380 g/mol. The van der Waals surface area contributed by atoms with Crippen LogP contribution in [0, 0.1) is 40.3 Å². The standard InChI is InChI=1S/C26H33FO/c1-25-12-4-3-7-19(25)9-10-21-22(25)11-13-26(2)23(21)16-18(24(26)28)14-17-6-5-8-20(27)15-17/h5-6,8,14-15,19,21-23H,3-4,7,9-13,16H2,1-2H3/b18-14+. The van der Waals surface area contributed by atoms with Crippen molar-refractivity contribution < 1.29 is 9.18 Å². The molecule has 0 N–H and O–H groups in total. The first kappa shape index (κ1) is 18.6. The Kier molecular flexibility index (Phi) is 4.34. The van der Waals surface area contributed by atoms with Crippen LogP contribution in [0.5, 0.6) is 0 Å². The number of hydrogen-bond donors (Lipinski definition) is 0. The SMILES string of the molecule is CC12CCC3C(CCC4CCCCC43C)C1C/C(=C\c1cccc(F)c1)C2=O. The van der Waals surface area contributed by atoms with Crippen LogP contribution in [0.4, 0.5) is 4.39 Å². The second-order valence-electron chi connectivity index (χ2n) is 10.6. The molecule has 0 amide bonds. The highest BCUT2D eigenvalue weighted by molar-refractivity contribution is 6.05. The van der Waals surface area contributed by atoms with Gasteiger partial charge in [-0.2, -0.15) is 0 Å². The van der Waals surface area contributed by atoms with Gasteiger partial charge in [0.05, 0.1) is 0 Å². The molecule has 4 fully saturated rings. The van der Waals surface area contributed by atoms with Gasteiger partial charge in [0.2, 0.25) is 0 Å². The summed E-state index contributed by atoms with van der Waals surface area (Å²) in [4.78, 5) is 13.4. The number of allylic oxidation sites excluding steroid dienone is 1. The minimum atomic E-state index is -0.230. The van der Waals surface area contributed by atoms with Crippen molar-refractivity contribution in [2.24, 2.45) is 34.5 Å². The normalized spacial score (nSPS) is 44.1. The van der Waals surface area contributed by atoms with E-state index in [-0.39, 0.29) is 11.2 Å². The molecule has 4 aliphatic carbocycles. The smallest absolute Gasteiger partial charge is 0.165 e. The van der Waals surface area contributed by atoms with E-state index in [2.05, 4.69) is 13.8 Å². The molecule has 0 saturated heterocycles. The maximum absolute atomic E-state index is 13.6. The Morgan fingerprint density at radius 1 is 1.04 bits per heavy atom. The van der Waals surface area contributed by atoms with Gasteiger partial charge in [-0.25, -0.2) is 4.39 Å². The van der Waals surface area contributed by atoms with E-state index in [1.54, 1.807) is 12.1 Å². The van der Waals surface area contributed by atoms with Crippen molar-refractivity contribution in [2.45, 2.75) is 71.6 Å². The molecule has 0 radical (unpaired) electrons. The Labute approximate surface area is 168 Å². The van der Waals surface area contributed by atoms with Crippen LogP contribution in [0.25, 0.3) is 6.08 Å². The molecular formula is C26H33FO. The number of carbonyl (C=O) groups is 1. The first-order valence-electron chi connectivity index (χ1n) is 11.4. The van der Waals surface area contributed by atoms with Crippen LogP contribution in [0.2, 0.25) is 0 Å². The van der Waals surface area contributed by atoms with Gasteiger partial charge in [0.15, 0.2) is 5.78 Å². The van der Waals surface area contributed by atoms with E-state index in [1.165, 1.54) is 51.0 Å². The molecule has 6 atom stereocenters. The minimum absolute atomic E-state index is 0.196. The first-order chi connectivity index (χ1) is 13.4. The number of benzene rings is 1. The molecule has 150 valence electrons. The van der Waals surface area contributed by atoms with Gasteiger partial charge in [0, 0.05) is 5.41 Å². The van der Waals surface area contributed by atoms with E-state index in [9.17, 15) is 9.18 Å². The Hall–Kier alpha value is -1.44. The lowest BCUT2D eigenvalue weighted by Crippen LogP contribution is -2.52. The zero-order chi connectivity index (χ0) is 19.5. The van der Waals surface area contributed by atoms with Crippen LogP contribution in [-0.4, -0.2) is 5.78 Å². The highest BCUT2D eigenvalue weighted by Crippen LogP contribution is 2.66. The van der Waals surface area contributed by atoms with Crippen LogP contribution in [0.1, 0.15) is 77.2 Å². The molecule has 2 heteroatoms. The topological polar surface area (TPSA) is 17.1 Å². The van der Waals surface area contributed by atoms with Gasteiger partial charge in [-0.15, -0.1) is 0 Å². The molecular weight excluding hydrogens is 347 g/mol. The van der Waals surface area contributed by atoms with E-state index in [0.29, 0.717) is 23.0 Å². The molecule has 5 rings (SSSR count). The first-order valence-corrected chi connectivity index (χ1v) is 11.4. The van der Waals surface area contributed by atoms with Crippen molar-refractivity contribution in [2.75, 3.05) is 0 Å². The van der Waals surface area contributed by atoms with E-state index in [4.69, 9.17) is 0 Å². The van der Waals surface area contributed by atoms with E-state index in [1.807, 2.05) is 12.1 Å². The van der Waals surface area contributed by atoms with Crippen LogP contribution >= 0.6 is 0 Å². The van der Waals surface area contributed by atoms with Crippen molar-refractivity contribution >= 4 is 11.9 Å². The number of carbonyl (C=O) groups excluding carboxylic acids is 1. The molecule has 0 bridgehead atoms. The summed E-state index contributed by atoms with van der Waals surface area (Å²) >= 11 is 0. The number of fused-ring (bicyclic) bond motifs is 5. The third kappa shape index (κ3) is 2.66. The molecule has 28 heavy (non-hydrogen) atoms. The number of halogens is 1. The molecule has 0 aliphatic heterocycles. The summed E-state index contributed by atoms with van der Waals surface area (Å²) in [6.07, 6.45) is 13.4. The summed E-state index contributed by atoms with van der Waals surface area (Å²) in [5, 5.41) is 0. The molecule has 1 nitrogen and oxygen atoms in total. The summed E-state index contributed by atoms with van der Waals surface area (Å²) in [6.45, 7) is 4.81. The fourth-order valence-corrected chi connectivity index (χ4v) is 7.89. The maximum atomic E-state index is 13.6. The van der Waals surface area contributed by atoms with Crippen molar-refractivity contribution in [3.8, 4) is 0 Å². The van der Waals surface area contributed by atoms with Gasteiger partial charge >= 0.3 is 0 Å². The second-order valence-corrected chi connectivity index (χ2v) is 10.6. The van der Waals surface area contributed by atoms with Gasteiger partial charge < -0.3 is 0 Å². The summed E-state index contributed by atoms with van der Waals surface area (Å²) in [6, 6.07) is 6.65. The van der Waals surface area contributed by atoms with Crippen LogP contribution in [0.3, 0.4) is 0 Å². The zero-order valence-corrected chi connectivity index (χ0v) is 17.3. The quantitative estimate of drug-likeness (QED) is 0.488. The Balaban J connectivity index is 1.46. The van der Waals surface area contributed by atoms with Crippen molar-refractivity contribution in [3.05, 3.63) is 41.2 Å². The van der Waals surface area contributed by atoms with Crippen LogP contribution < -0.4 is 0 Å². The average Bonchev–Trinajstić information content (AvgIpc) is 2.92.